The smallest absolute Gasteiger partial charge is 0.243 e. The van der Waals surface area contributed by atoms with Gasteiger partial charge >= 0.3 is 0 Å². The fourth-order valence-electron chi connectivity index (χ4n) is 3.65. The number of nitrogens with one attached hydrogen (secondary N) is 1. The predicted molar refractivity (Wildman–Crippen MR) is 117 cm³/mol. The number of carbonyl (C=O) groups is 1. The van der Waals surface area contributed by atoms with Gasteiger partial charge in [-0.2, -0.15) is 4.31 Å². The Labute approximate surface area is 186 Å². The maximum atomic E-state index is 13.2. The van der Waals surface area contributed by atoms with E-state index in [2.05, 4.69) is 20.8 Å². The molecular weight excluding hydrogens is 432 g/mol. The molecule has 1 amide bonds. The summed E-state index contributed by atoms with van der Waals surface area (Å²) in [5.41, 5.74) is 1.28. The van der Waals surface area contributed by atoms with Crippen LogP contribution in [0.25, 0.3) is 5.69 Å². The van der Waals surface area contributed by atoms with Gasteiger partial charge in [0, 0.05) is 24.8 Å². The van der Waals surface area contributed by atoms with E-state index in [9.17, 15) is 13.2 Å². The predicted octanol–water partition coefficient (Wildman–Crippen LogP) is 2.10. The highest BCUT2D eigenvalue weighted by molar-refractivity contribution is 7.89. The zero-order valence-corrected chi connectivity index (χ0v) is 18.4. The van der Waals surface area contributed by atoms with Gasteiger partial charge in [0.2, 0.25) is 15.9 Å². The molecule has 1 aliphatic rings. The molecule has 1 saturated heterocycles. The summed E-state index contributed by atoms with van der Waals surface area (Å²) in [6.07, 6.45) is 2.67. The number of hydrogen-bond acceptors (Lipinski definition) is 7. The molecule has 0 spiro atoms. The Balaban J connectivity index is 1.44. The van der Waals surface area contributed by atoms with Gasteiger partial charge in [0.25, 0.3) is 0 Å². The van der Waals surface area contributed by atoms with Crippen molar-refractivity contribution in [3.8, 4) is 11.4 Å². The fourth-order valence-corrected chi connectivity index (χ4v) is 5.17. The van der Waals surface area contributed by atoms with Crippen LogP contribution in [0.4, 0.5) is 5.69 Å². The maximum Gasteiger partial charge on any atom is 0.243 e. The minimum absolute atomic E-state index is 0.133. The molecule has 0 bridgehead atoms. The van der Waals surface area contributed by atoms with Crippen molar-refractivity contribution in [1.29, 1.82) is 0 Å². The molecule has 4 rings (SSSR count). The molecule has 0 aliphatic carbocycles. The van der Waals surface area contributed by atoms with Crippen LogP contribution in [0.3, 0.4) is 0 Å². The van der Waals surface area contributed by atoms with E-state index < -0.39 is 15.9 Å². The Morgan fingerprint density at radius 1 is 1.22 bits per heavy atom. The first kappa shape index (κ1) is 21.9. The van der Waals surface area contributed by atoms with Crippen LogP contribution in [-0.2, 0) is 14.8 Å². The summed E-state index contributed by atoms with van der Waals surface area (Å²) in [5, 5.41) is 13.8. The number of carbonyl (C=O) groups excluding carboxylic acids is 1. The summed E-state index contributed by atoms with van der Waals surface area (Å²) in [6, 6.07) is 13.5. The summed E-state index contributed by atoms with van der Waals surface area (Å²) >= 11 is 0. The third kappa shape index (κ3) is 4.78. The molecule has 168 valence electrons. The third-order valence-electron chi connectivity index (χ3n) is 5.26. The summed E-state index contributed by atoms with van der Waals surface area (Å²) in [5.74, 6) is 0.0330. The molecule has 10 nitrogen and oxygen atoms in total. The Kier molecular flexibility index (Phi) is 6.47. The first-order valence-corrected chi connectivity index (χ1v) is 11.8. The molecule has 32 heavy (non-hydrogen) atoms. The van der Waals surface area contributed by atoms with E-state index in [1.165, 1.54) is 27.4 Å². The zero-order valence-electron chi connectivity index (χ0n) is 17.6. The largest absolute Gasteiger partial charge is 0.494 e. The number of rotatable bonds is 7. The van der Waals surface area contributed by atoms with Crippen LogP contribution in [0, 0.1) is 5.92 Å². The lowest BCUT2D eigenvalue weighted by molar-refractivity contribution is -0.120. The number of amides is 1. The molecule has 1 aliphatic heterocycles. The lowest BCUT2D eigenvalue weighted by atomic mass is 9.98. The minimum Gasteiger partial charge on any atom is -0.494 e. The van der Waals surface area contributed by atoms with Crippen molar-refractivity contribution >= 4 is 21.6 Å². The van der Waals surface area contributed by atoms with E-state index in [1.807, 2.05) is 13.0 Å². The number of sulfonamides is 1. The second-order valence-corrected chi connectivity index (χ2v) is 9.34. The van der Waals surface area contributed by atoms with Crippen molar-refractivity contribution in [3.63, 3.8) is 0 Å². The standard InChI is InChI=1S/C21H24N6O4S/c1-2-31-19-7-3-6-17(13-19)23-21(28)16-5-4-12-26(14-16)32(29,30)20-10-8-18(9-11-20)27-15-22-24-25-27/h3,6-11,13,15-16H,2,4-5,12,14H2,1H3,(H,23,28)/t16-/m1/s1. The second-order valence-electron chi connectivity index (χ2n) is 7.40. The van der Waals surface area contributed by atoms with Crippen LogP contribution in [0.15, 0.2) is 59.8 Å². The van der Waals surface area contributed by atoms with Crippen molar-refractivity contribution in [3.05, 3.63) is 54.9 Å². The quantitative estimate of drug-likeness (QED) is 0.578. The highest BCUT2D eigenvalue weighted by Crippen LogP contribution is 2.26. The average molecular weight is 457 g/mol. The van der Waals surface area contributed by atoms with E-state index >= 15 is 0 Å². The summed E-state index contributed by atoms with van der Waals surface area (Å²) in [6.45, 7) is 2.93. The molecule has 2 heterocycles. The average Bonchev–Trinajstić information content (AvgIpc) is 3.35. The highest BCUT2D eigenvalue weighted by Gasteiger charge is 2.33. The number of piperidine rings is 1. The van der Waals surface area contributed by atoms with E-state index in [1.54, 1.807) is 30.3 Å². The van der Waals surface area contributed by atoms with Gasteiger partial charge in [-0.05, 0) is 66.6 Å². The molecule has 1 fully saturated rings. The number of benzene rings is 2. The molecule has 11 heteroatoms. The number of hydrogen-bond donors (Lipinski definition) is 1. The SMILES string of the molecule is CCOc1cccc(NC(=O)[C@@H]2CCCN(S(=O)(=O)c3ccc(-n4cnnn4)cc3)C2)c1. The van der Waals surface area contributed by atoms with Gasteiger partial charge < -0.3 is 10.1 Å². The molecule has 0 unspecified atom stereocenters. The first-order chi connectivity index (χ1) is 15.5. The van der Waals surface area contributed by atoms with E-state index in [0.717, 1.165) is 0 Å². The Bertz CT molecular complexity index is 1170. The van der Waals surface area contributed by atoms with Crippen LogP contribution in [-0.4, -0.2) is 58.5 Å². The molecule has 1 aromatic heterocycles. The Hall–Kier alpha value is -3.31. The van der Waals surface area contributed by atoms with Crippen molar-refractivity contribution in [2.45, 2.75) is 24.7 Å². The monoisotopic (exact) mass is 456 g/mol. The normalized spacial score (nSPS) is 17.1. The third-order valence-corrected chi connectivity index (χ3v) is 7.13. The molecule has 1 N–H and O–H groups in total. The van der Waals surface area contributed by atoms with Crippen molar-refractivity contribution < 1.29 is 17.9 Å². The van der Waals surface area contributed by atoms with Crippen LogP contribution in [0.5, 0.6) is 5.75 Å². The molecule has 0 radical (unpaired) electrons. The van der Waals surface area contributed by atoms with Crippen molar-refractivity contribution in [2.75, 3.05) is 25.0 Å². The summed E-state index contributed by atoms with van der Waals surface area (Å²) in [4.78, 5) is 13.0. The van der Waals surface area contributed by atoms with Gasteiger partial charge in [-0.25, -0.2) is 13.1 Å². The van der Waals surface area contributed by atoms with Gasteiger partial charge in [-0.15, -0.1) is 5.10 Å². The number of aromatic nitrogens is 4. The lowest BCUT2D eigenvalue weighted by Gasteiger charge is -2.31. The van der Waals surface area contributed by atoms with E-state index in [-0.39, 0.29) is 17.3 Å². The number of tetrazole rings is 1. The maximum absolute atomic E-state index is 13.2. The molecule has 2 aromatic carbocycles. The number of ether oxygens (including phenoxy) is 1. The molecular formula is C21H24N6O4S. The van der Waals surface area contributed by atoms with Gasteiger partial charge in [0.1, 0.15) is 12.1 Å². The number of nitrogens with zero attached hydrogens (tertiary/aromatic N) is 5. The molecule has 1 atom stereocenters. The zero-order chi connectivity index (χ0) is 22.6. The Morgan fingerprint density at radius 3 is 2.75 bits per heavy atom. The summed E-state index contributed by atoms with van der Waals surface area (Å²) < 4.78 is 34.6. The van der Waals surface area contributed by atoms with Crippen molar-refractivity contribution in [1.82, 2.24) is 24.5 Å². The van der Waals surface area contributed by atoms with Gasteiger partial charge in [-0.3, -0.25) is 4.79 Å². The minimum atomic E-state index is -3.73. The number of anilines is 1. The second kappa shape index (κ2) is 9.45. The topological polar surface area (TPSA) is 119 Å². The van der Waals surface area contributed by atoms with Gasteiger partial charge in [0.15, 0.2) is 0 Å². The van der Waals surface area contributed by atoms with Gasteiger partial charge in [-0.1, -0.05) is 6.07 Å². The van der Waals surface area contributed by atoms with Crippen LogP contribution in [0.1, 0.15) is 19.8 Å². The molecule has 0 saturated carbocycles. The van der Waals surface area contributed by atoms with Crippen LogP contribution in [0.2, 0.25) is 0 Å². The van der Waals surface area contributed by atoms with E-state index in [0.29, 0.717) is 43.1 Å². The highest BCUT2D eigenvalue weighted by atomic mass is 32.2. The molecule has 3 aromatic rings. The Morgan fingerprint density at radius 2 is 2.03 bits per heavy atom. The van der Waals surface area contributed by atoms with Crippen molar-refractivity contribution in [2.24, 2.45) is 5.92 Å². The van der Waals surface area contributed by atoms with Crippen LogP contribution >= 0.6 is 0 Å². The lowest BCUT2D eigenvalue weighted by Crippen LogP contribution is -2.43. The van der Waals surface area contributed by atoms with E-state index in [4.69, 9.17) is 4.74 Å². The fraction of sp³-hybridized carbons (Fsp3) is 0.333. The first-order valence-electron chi connectivity index (χ1n) is 10.3. The van der Waals surface area contributed by atoms with Gasteiger partial charge in [0.05, 0.1) is 23.1 Å². The summed E-state index contributed by atoms with van der Waals surface area (Å²) in [7, 11) is -3.73. The van der Waals surface area contributed by atoms with Crippen LogP contribution < -0.4 is 10.1 Å².